The van der Waals surface area contributed by atoms with Crippen molar-refractivity contribution in [1.82, 2.24) is 4.98 Å². The number of hydrogen-bond acceptors (Lipinski definition) is 2. The molecular weight excluding hydrogens is 174 g/mol. The first-order valence-electron chi connectivity index (χ1n) is 4.80. The molecule has 0 spiro atoms. The molecule has 0 atom stereocenters. The van der Waals surface area contributed by atoms with Gasteiger partial charge in [0.2, 0.25) is 0 Å². The van der Waals surface area contributed by atoms with Crippen molar-refractivity contribution < 1.29 is 4.74 Å². The summed E-state index contributed by atoms with van der Waals surface area (Å²) in [6, 6.07) is 10.0. The molecular formula is C12H13NO. The van der Waals surface area contributed by atoms with Gasteiger partial charge < -0.3 is 4.74 Å². The van der Waals surface area contributed by atoms with E-state index in [1.54, 1.807) is 0 Å². The fourth-order valence-corrected chi connectivity index (χ4v) is 1.51. The van der Waals surface area contributed by atoms with Crippen LogP contribution in [0.1, 0.15) is 12.6 Å². The van der Waals surface area contributed by atoms with Gasteiger partial charge in [-0.3, -0.25) is 4.98 Å². The molecule has 0 aliphatic carbocycles. The highest BCUT2D eigenvalue weighted by Gasteiger charge is 2.01. The Morgan fingerprint density at radius 1 is 1.21 bits per heavy atom. The molecule has 0 saturated heterocycles. The van der Waals surface area contributed by atoms with Crippen LogP contribution in [-0.4, -0.2) is 11.6 Å². The van der Waals surface area contributed by atoms with Crippen LogP contribution in [0.4, 0.5) is 0 Å². The predicted octanol–water partition coefficient (Wildman–Crippen LogP) is 2.94. The topological polar surface area (TPSA) is 22.1 Å². The predicted molar refractivity (Wildman–Crippen MR) is 57.6 cm³/mol. The molecule has 1 aromatic carbocycles. The van der Waals surface area contributed by atoms with Crippen LogP contribution in [0.15, 0.2) is 30.3 Å². The van der Waals surface area contributed by atoms with Gasteiger partial charge in [0, 0.05) is 11.1 Å². The van der Waals surface area contributed by atoms with Crippen molar-refractivity contribution >= 4 is 10.9 Å². The summed E-state index contributed by atoms with van der Waals surface area (Å²) in [5.74, 6) is 0.914. The summed E-state index contributed by atoms with van der Waals surface area (Å²) in [7, 11) is 0. The summed E-state index contributed by atoms with van der Waals surface area (Å²) >= 11 is 0. The highest BCUT2D eigenvalue weighted by atomic mass is 16.5. The summed E-state index contributed by atoms with van der Waals surface area (Å²) in [6.07, 6.45) is 0. The summed E-state index contributed by atoms with van der Waals surface area (Å²) in [5, 5.41) is 1.08. The van der Waals surface area contributed by atoms with Gasteiger partial charge in [-0.1, -0.05) is 6.07 Å². The molecule has 0 fully saturated rings. The van der Waals surface area contributed by atoms with Crippen LogP contribution in [0.5, 0.6) is 5.75 Å². The van der Waals surface area contributed by atoms with Crippen LogP contribution in [0, 0.1) is 6.92 Å². The maximum Gasteiger partial charge on any atom is 0.128 e. The standard InChI is InChI=1S/C12H13NO/c1-3-14-12-6-4-5-11-10(12)8-7-9(2)13-11/h4-8H,3H2,1-2H3. The van der Waals surface area contributed by atoms with Crippen molar-refractivity contribution in [2.24, 2.45) is 0 Å². The number of benzene rings is 1. The van der Waals surface area contributed by atoms with Gasteiger partial charge in [0.05, 0.1) is 12.1 Å². The highest BCUT2D eigenvalue weighted by Crippen LogP contribution is 2.24. The van der Waals surface area contributed by atoms with Crippen LogP contribution in [0.2, 0.25) is 0 Å². The molecule has 14 heavy (non-hydrogen) atoms. The van der Waals surface area contributed by atoms with Gasteiger partial charge in [-0.25, -0.2) is 0 Å². The van der Waals surface area contributed by atoms with E-state index < -0.39 is 0 Å². The van der Waals surface area contributed by atoms with Gasteiger partial charge in [0.25, 0.3) is 0 Å². The van der Waals surface area contributed by atoms with Crippen molar-refractivity contribution in [2.45, 2.75) is 13.8 Å². The van der Waals surface area contributed by atoms with Gasteiger partial charge in [-0.05, 0) is 38.1 Å². The van der Waals surface area contributed by atoms with E-state index >= 15 is 0 Å². The lowest BCUT2D eigenvalue weighted by Crippen LogP contribution is -1.93. The number of ether oxygens (including phenoxy) is 1. The number of rotatable bonds is 2. The van der Waals surface area contributed by atoms with Crippen molar-refractivity contribution in [2.75, 3.05) is 6.61 Å². The summed E-state index contributed by atoms with van der Waals surface area (Å²) in [5.41, 5.74) is 2.03. The molecule has 0 saturated carbocycles. The Labute approximate surface area is 83.5 Å². The molecule has 0 amide bonds. The first-order valence-corrected chi connectivity index (χ1v) is 4.80. The van der Waals surface area contributed by atoms with Crippen LogP contribution in [-0.2, 0) is 0 Å². The van der Waals surface area contributed by atoms with E-state index in [-0.39, 0.29) is 0 Å². The smallest absolute Gasteiger partial charge is 0.128 e. The molecule has 2 nitrogen and oxygen atoms in total. The van der Waals surface area contributed by atoms with E-state index in [4.69, 9.17) is 4.74 Å². The van der Waals surface area contributed by atoms with Gasteiger partial charge in [0.15, 0.2) is 0 Å². The number of hydrogen-bond donors (Lipinski definition) is 0. The Kier molecular flexibility index (Phi) is 2.35. The molecule has 0 radical (unpaired) electrons. The molecule has 1 heterocycles. The number of aryl methyl sites for hydroxylation is 1. The van der Waals surface area contributed by atoms with E-state index in [0.29, 0.717) is 6.61 Å². The van der Waals surface area contributed by atoms with Crippen molar-refractivity contribution in [3.63, 3.8) is 0 Å². The quantitative estimate of drug-likeness (QED) is 0.721. The second-order valence-electron chi connectivity index (χ2n) is 3.21. The van der Waals surface area contributed by atoms with E-state index in [0.717, 1.165) is 22.3 Å². The Morgan fingerprint density at radius 3 is 2.86 bits per heavy atom. The van der Waals surface area contributed by atoms with Crippen LogP contribution in [0.25, 0.3) is 10.9 Å². The van der Waals surface area contributed by atoms with Gasteiger partial charge in [-0.2, -0.15) is 0 Å². The SMILES string of the molecule is CCOc1cccc2nc(C)ccc12. The molecule has 0 aliphatic rings. The summed E-state index contributed by atoms with van der Waals surface area (Å²) in [6.45, 7) is 4.67. The van der Waals surface area contributed by atoms with E-state index in [9.17, 15) is 0 Å². The monoisotopic (exact) mass is 187 g/mol. The van der Waals surface area contributed by atoms with Crippen LogP contribution in [0.3, 0.4) is 0 Å². The van der Waals surface area contributed by atoms with Crippen LogP contribution >= 0.6 is 0 Å². The van der Waals surface area contributed by atoms with Gasteiger partial charge in [0.1, 0.15) is 5.75 Å². The molecule has 1 aromatic heterocycles. The number of aromatic nitrogens is 1. The largest absolute Gasteiger partial charge is 0.493 e. The normalized spacial score (nSPS) is 10.4. The fraction of sp³-hybridized carbons (Fsp3) is 0.250. The van der Waals surface area contributed by atoms with Crippen LogP contribution < -0.4 is 4.74 Å². The first-order chi connectivity index (χ1) is 6.81. The number of pyridine rings is 1. The Morgan fingerprint density at radius 2 is 2.07 bits per heavy atom. The maximum atomic E-state index is 5.52. The molecule has 0 bridgehead atoms. The second-order valence-corrected chi connectivity index (χ2v) is 3.21. The lowest BCUT2D eigenvalue weighted by Gasteiger charge is -2.06. The number of nitrogens with zero attached hydrogens (tertiary/aromatic N) is 1. The molecule has 0 unspecified atom stereocenters. The molecule has 2 aromatic rings. The molecule has 0 N–H and O–H groups in total. The van der Waals surface area contributed by atoms with Crippen molar-refractivity contribution in [1.29, 1.82) is 0 Å². The second kappa shape index (κ2) is 3.66. The van der Waals surface area contributed by atoms with E-state index in [1.807, 2.05) is 38.1 Å². The third-order valence-corrected chi connectivity index (χ3v) is 2.13. The average molecular weight is 187 g/mol. The maximum absolute atomic E-state index is 5.52. The minimum absolute atomic E-state index is 0.687. The summed E-state index contributed by atoms with van der Waals surface area (Å²) < 4.78 is 5.52. The third-order valence-electron chi connectivity index (χ3n) is 2.13. The van der Waals surface area contributed by atoms with E-state index in [1.165, 1.54) is 0 Å². The molecule has 2 heteroatoms. The minimum Gasteiger partial charge on any atom is -0.493 e. The van der Waals surface area contributed by atoms with Gasteiger partial charge in [-0.15, -0.1) is 0 Å². The molecule has 72 valence electrons. The lowest BCUT2D eigenvalue weighted by molar-refractivity contribution is 0.344. The fourth-order valence-electron chi connectivity index (χ4n) is 1.51. The minimum atomic E-state index is 0.687. The lowest BCUT2D eigenvalue weighted by atomic mass is 10.2. The zero-order valence-electron chi connectivity index (χ0n) is 8.45. The Bertz CT molecular complexity index is 451. The van der Waals surface area contributed by atoms with Gasteiger partial charge >= 0.3 is 0 Å². The average Bonchev–Trinajstić information content (AvgIpc) is 2.18. The third kappa shape index (κ3) is 1.55. The zero-order chi connectivity index (χ0) is 9.97. The Hall–Kier alpha value is -1.57. The zero-order valence-corrected chi connectivity index (χ0v) is 8.45. The van der Waals surface area contributed by atoms with E-state index in [2.05, 4.69) is 11.1 Å². The molecule has 2 rings (SSSR count). The number of fused-ring (bicyclic) bond motifs is 1. The van der Waals surface area contributed by atoms with Crippen molar-refractivity contribution in [3.05, 3.63) is 36.0 Å². The highest BCUT2D eigenvalue weighted by molar-refractivity contribution is 5.85. The van der Waals surface area contributed by atoms with Crippen molar-refractivity contribution in [3.8, 4) is 5.75 Å². The Balaban J connectivity index is 2.62. The molecule has 0 aliphatic heterocycles. The summed E-state index contributed by atoms with van der Waals surface area (Å²) in [4.78, 5) is 4.44. The first kappa shape index (κ1) is 9.00.